The molecule has 1 aliphatic rings. The summed E-state index contributed by atoms with van der Waals surface area (Å²) in [4.78, 5) is 0. The van der Waals surface area contributed by atoms with Crippen LogP contribution in [0.3, 0.4) is 0 Å². The Hall–Kier alpha value is -0.180. The van der Waals surface area contributed by atoms with Crippen LogP contribution in [0.2, 0.25) is 0 Å². The fourth-order valence-electron chi connectivity index (χ4n) is 1.86. The largest absolute Gasteiger partial charge is 0.329 e. The van der Waals surface area contributed by atoms with Crippen molar-refractivity contribution in [1.82, 2.24) is 4.72 Å². The Balaban J connectivity index is 2.77. The Morgan fingerprint density at radius 2 is 1.83 bits per heavy atom. The zero-order valence-electron chi connectivity index (χ0n) is 10.8. The SMILES string of the molecule is CCC(C)(CN)NS(=O)(=O)C1CCS(=O)(=O)CC1. The Bertz CT molecular complexity index is 466. The fraction of sp³-hybridized carbons (Fsp3) is 1.00. The third-order valence-electron chi connectivity index (χ3n) is 3.56. The molecule has 0 bridgehead atoms. The maximum absolute atomic E-state index is 12.2. The molecule has 0 aromatic carbocycles. The number of sulfonamides is 1. The molecule has 18 heavy (non-hydrogen) atoms. The summed E-state index contributed by atoms with van der Waals surface area (Å²) in [6, 6.07) is 0. The van der Waals surface area contributed by atoms with Crippen LogP contribution in [0.25, 0.3) is 0 Å². The molecule has 0 spiro atoms. The number of hydrogen-bond donors (Lipinski definition) is 2. The van der Waals surface area contributed by atoms with Gasteiger partial charge in [0.2, 0.25) is 10.0 Å². The lowest BCUT2D eigenvalue weighted by Gasteiger charge is -2.31. The van der Waals surface area contributed by atoms with Crippen LogP contribution in [0.4, 0.5) is 0 Å². The van der Waals surface area contributed by atoms with Crippen LogP contribution in [0, 0.1) is 0 Å². The molecule has 1 aliphatic heterocycles. The molecular weight excluding hydrogens is 276 g/mol. The van der Waals surface area contributed by atoms with E-state index in [0.717, 1.165) is 0 Å². The van der Waals surface area contributed by atoms with Crippen LogP contribution >= 0.6 is 0 Å². The van der Waals surface area contributed by atoms with Gasteiger partial charge < -0.3 is 5.73 Å². The Morgan fingerprint density at radius 3 is 2.22 bits per heavy atom. The van der Waals surface area contributed by atoms with Gasteiger partial charge in [0.1, 0.15) is 9.84 Å². The minimum atomic E-state index is -3.51. The van der Waals surface area contributed by atoms with Gasteiger partial charge in [0.05, 0.1) is 16.8 Å². The van der Waals surface area contributed by atoms with Gasteiger partial charge in [-0.1, -0.05) is 6.92 Å². The fourth-order valence-corrected chi connectivity index (χ4v) is 5.59. The van der Waals surface area contributed by atoms with Crippen molar-refractivity contribution in [1.29, 1.82) is 0 Å². The number of sulfone groups is 1. The van der Waals surface area contributed by atoms with Gasteiger partial charge in [0.25, 0.3) is 0 Å². The smallest absolute Gasteiger partial charge is 0.215 e. The minimum Gasteiger partial charge on any atom is -0.329 e. The van der Waals surface area contributed by atoms with Gasteiger partial charge in [-0.25, -0.2) is 21.6 Å². The first-order valence-corrected chi connectivity index (χ1v) is 9.44. The average molecular weight is 298 g/mol. The maximum atomic E-state index is 12.2. The highest BCUT2D eigenvalue weighted by Crippen LogP contribution is 2.21. The van der Waals surface area contributed by atoms with Crippen molar-refractivity contribution in [2.45, 2.75) is 43.9 Å². The van der Waals surface area contributed by atoms with E-state index in [0.29, 0.717) is 6.42 Å². The molecule has 0 aliphatic carbocycles. The van der Waals surface area contributed by atoms with Gasteiger partial charge >= 0.3 is 0 Å². The third kappa shape index (κ3) is 3.91. The van der Waals surface area contributed by atoms with Gasteiger partial charge in [-0.2, -0.15) is 0 Å². The Labute approximate surface area is 109 Å². The third-order valence-corrected chi connectivity index (χ3v) is 7.40. The minimum absolute atomic E-state index is 0.0515. The molecule has 1 unspecified atom stereocenters. The summed E-state index contributed by atoms with van der Waals surface area (Å²) in [7, 11) is -6.56. The number of nitrogens with one attached hydrogen (secondary N) is 1. The summed E-state index contributed by atoms with van der Waals surface area (Å²) in [5.74, 6) is -0.103. The summed E-state index contributed by atoms with van der Waals surface area (Å²) in [6.07, 6.45) is 0.928. The topological polar surface area (TPSA) is 106 Å². The van der Waals surface area contributed by atoms with Gasteiger partial charge in [-0.05, 0) is 26.2 Å². The molecule has 8 heteroatoms. The lowest BCUT2D eigenvalue weighted by atomic mass is 10.0. The molecular formula is C10H22N2O4S2. The summed E-state index contributed by atoms with van der Waals surface area (Å²) < 4.78 is 49.5. The molecule has 1 heterocycles. The van der Waals surface area contributed by atoms with E-state index in [4.69, 9.17) is 5.73 Å². The highest BCUT2D eigenvalue weighted by Gasteiger charge is 2.36. The molecule has 1 saturated heterocycles. The van der Waals surface area contributed by atoms with Gasteiger partial charge in [0.15, 0.2) is 0 Å². The predicted molar refractivity (Wildman–Crippen MR) is 71.5 cm³/mol. The highest BCUT2D eigenvalue weighted by atomic mass is 32.2. The molecule has 1 rings (SSSR count). The van der Waals surface area contributed by atoms with Crippen LogP contribution in [0.5, 0.6) is 0 Å². The average Bonchev–Trinajstić information content (AvgIpc) is 2.27. The summed E-state index contributed by atoms with van der Waals surface area (Å²) in [5, 5.41) is -0.626. The van der Waals surface area contributed by atoms with E-state index in [1.54, 1.807) is 6.92 Å². The highest BCUT2D eigenvalue weighted by molar-refractivity contribution is 7.92. The van der Waals surface area contributed by atoms with Crippen molar-refractivity contribution in [3.63, 3.8) is 0 Å². The van der Waals surface area contributed by atoms with E-state index >= 15 is 0 Å². The molecule has 108 valence electrons. The molecule has 1 atom stereocenters. The summed E-state index contributed by atoms with van der Waals surface area (Å²) >= 11 is 0. The first-order valence-electron chi connectivity index (χ1n) is 6.07. The summed E-state index contributed by atoms with van der Waals surface area (Å²) in [5.41, 5.74) is 4.92. The van der Waals surface area contributed by atoms with E-state index in [9.17, 15) is 16.8 Å². The molecule has 0 radical (unpaired) electrons. The maximum Gasteiger partial charge on any atom is 0.215 e. The van der Waals surface area contributed by atoms with Crippen molar-refractivity contribution in [2.75, 3.05) is 18.1 Å². The molecule has 0 amide bonds. The first kappa shape index (κ1) is 15.9. The van der Waals surface area contributed by atoms with Crippen molar-refractivity contribution in [2.24, 2.45) is 5.73 Å². The zero-order chi connectivity index (χ0) is 14.0. The molecule has 3 N–H and O–H groups in total. The van der Waals surface area contributed by atoms with Gasteiger partial charge in [-0.15, -0.1) is 0 Å². The Morgan fingerprint density at radius 1 is 1.33 bits per heavy atom. The van der Waals surface area contributed by atoms with Crippen LogP contribution in [0.1, 0.15) is 33.1 Å². The predicted octanol–water partition coefficient (Wildman–Crippen LogP) is -0.390. The van der Waals surface area contributed by atoms with E-state index in [2.05, 4.69) is 4.72 Å². The number of hydrogen-bond acceptors (Lipinski definition) is 5. The van der Waals surface area contributed by atoms with E-state index < -0.39 is 30.6 Å². The molecule has 0 aromatic rings. The number of nitrogens with two attached hydrogens (primary N) is 1. The van der Waals surface area contributed by atoms with Crippen molar-refractivity contribution in [3.8, 4) is 0 Å². The molecule has 6 nitrogen and oxygen atoms in total. The summed E-state index contributed by atoms with van der Waals surface area (Å²) in [6.45, 7) is 3.83. The standard InChI is InChI=1S/C10H22N2O4S2/c1-3-10(2,8-11)12-18(15,16)9-4-6-17(13,14)7-5-9/h9,12H,3-8,11H2,1-2H3. The van der Waals surface area contributed by atoms with E-state index in [1.807, 2.05) is 6.92 Å². The van der Waals surface area contributed by atoms with Crippen LogP contribution < -0.4 is 10.5 Å². The Kier molecular flexibility index (Phi) is 4.80. The lowest BCUT2D eigenvalue weighted by Crippen LogP contribution is -2.54. The van der Waals surface area contributed by atoms with Crippen molar-refractivity contribution in [3.05, 3.63) is 0 Å². The first-order chi connectivity index (χ1) is 8.14. The molecule has 0 aromatic heterocycles. The van der Waals surface area contributed by atoms with Crippen LogP contribution in [-0.4, -0.2) is 45.7 Å². The van der Waals surface area contributed by atoms with Gasteiger partial charge in [0, 0.05) is 12.1 Å². The normalized spacial score (nSPS) is 24.6. The second-order valence-corrected chi connectivity index (χ2v) is 9.38. The quantitative estimate of drug-likeness (QED) is 0.719. The van der Waals surface area contributed by atoms with Crippen LogP contribution in [0.15, 0.2) is 0 Å². The lowest BCUT2D eigenvalue weighted by molar-refractivity contribution is 0.406. The molecule has 0 saturated carbocycles. The van der Waals surface area contributed by atoms with Crippen molar-refractivity contribution < 1.29 is 16.8 Å². The second kappa shape index (κ2) is 5.44. The van der Waals surface area contributed by atoms with E-state index in [1.165, 1.54) is 0 Å². The zero-order valence-corrected chi connectivity index (χ0v) is 12.5. The second-order valence-electron chi connectivity index (χ2n) is 5.12. The van der Waals surface area contributed by atoms with Crippen LogP contribution in [-0.2, 0) is 19.9 Å². The monoisotopic (exact) mass is 298 g/mol. The van der Waals surface area contributed by atoms with Crippen molar-refractivity contribution >= 4 is 19.9 Å². The molecule has 1 fully saturated rings. The van der Waals surface area contributed by atoms with Gasteiger partial charge in [-0.3, -0.25) is 0 Å². The number of rotatable bonds is 5. The van der Waals surface area contributed by atoms with E-state index in [-0.39, 0.29) is 30.9 Å².